The first-order valence-corrected chi connectivity index (χ1v) is 6.02. The average molecular weight is 257 g/mol. The van der Waals surface area contributed by atoms with Crippen molar-refractivity contribution in [2.75, 3.05) is 6.54 Å². The molecule has 17 heavy (non-hydrogen) atoms. The van der Waals surface area contributed by atoms with Crippen molar-refractivity contribution in [1.29, 1.82) is 0 Å². The first kappa shape index (κ1) is 13.6. The number of nitrogens with one attached hydrogen (secondary N) is 1. The highest BCUT2D eigenvalue weighted by molar-refractivity contribution is 7.13. The zero-order valence-electron chi connectivity index (χ0n) is 9.52. The highest BCUT2D eigenvalue weighted by Gasteiger charge is 2.14. The summed E-state index contributed by atoms with van der Waals surface area (Å²) in [5.41, 5.74) is 5.77. The van der Waals surface area contributed by atoms with Crippen LogP contribution < -0.4 is 11.1 Å². The summed E-state index contributed by atoms with van der Waals surface area (Å²) in [5.74, 6) is -1.08. The number of carbonyl (C=O) groups is 2. The summed E-state index contributed by atoms with van der Waals surface area (Å²) >= 11 is 1.08. The number of hydrogen-bond donors (Lipinski definition) is 3. The van der Waals surface area contributed by atoms with E-state index in [4.69, 9.17) is 10.8 Å². The molecule has 0 unspecified atom stereocenters. The summed E-state index contributed by atoms with van der Waals surface area (Å²) in [6.07, 6.45) is 1.02. The van der Waals surface area contributed by atoms with E-state index in [9.17, 15) is 9.59 Å². The molecule has 0 fully saturated rings. The Kier molecular flexibility index (Phi) is 5.05. The van der Waals surface area contributed by atoms with Crippen molar-refractivity contribution in [3.63, 3.8) is 0 Å². The Morgan fingerprint density at radius 3 is 2.76 bits per heavy atom. The fourth-order valence-corrected chi connectivity index (χ4v) is 2.09. The van der Waals surface area contributed by atoms with Crippen LogP contribution >= 0.6 is 11.3 Å². The van der Waals surface area contributed by atoms with Gasteiger partial charge in [-0.3, -0.25) is 4.79 Å². The summed E-state index contributed by atoms with van der Waals surface area (Å²) in [5, 5.41) is 12.1. The molecule has 6 nitrogen and oxygen atoms in total. The van der Waals surface area contributed by atoms with Crippen molar-refractivity contribution in [2.24, 2.45) is 5.73 Å². The van der Waals surface area contributed by atoms with Crippen LogP contribution in [0.5, 0.6) is 0 Å². The van der Waals surface area contributed by atoms with Gasteiger partial charge in [0.25, 0.3) is 0 Å². The molecular formula is C10H15N3O3S. The van der Waals surface area contributed by atoms with E-state index >= 15 is 0 Å². The molecule has 0 aliphatic rings. The molecule has 7 heteroatoms. The minimum atomic E-state index is -0.985. The Hall–Kier alpha value is -1.47. The Morgan fingerprint density at radius 1 is 1.53 bits per heavy atom. The second-order valence-corrected chi connectivity index (χ2v) is 4.58. The van der Waals surface area contributed by atoms with Gasteiger partial charge in [0.1, 0.15) is 9.88 Å². The smallest absolute Gasteiger partial charge is 0.347 e. The van der Waals surface area contributed by atoms with Crippen molar-refractivity contribution in [3.8, 4) is 0 Å². The van der Waals surface area contributed by atoms with Crippen LogP contribution in [0.3, 0.4) is 0 Å². The lowest BCUT2D eigenvalue weighted by Gasteiger charge is -2.01. The predicted molar refractivity (Wildman–Crippen MR) is 63.9 cm³/mol. The largest absolute Gasteiger partial charge is 0.477 e. The SMILES string of the molecule is Cc1nc(CNC(=O)CCCN)sc1C(=O)O. The molecule has 1 rings (SSSR count). The summed E-state index contributed by atoms with van der Waals surface area (Å²) in [6.45, 7) is 2.38. The van der Waals surface area contributed by atoms with E-state index in [2.05, 4.69) is 10.3 Å². The standard InChI is InChI=1S/C10H15N3O3S/c1-6-9(10(15)16)17-8(13-6)5-12-7(14)3-2-4-11/h2-5,11H2,1H3,(H,12,14)(H,15,16). The minimum absolute atomic E-state index is 0.0971. The fourth-order valence-electron chi connectivity index (χ4n) is 1.25. The number of carboxylic acid groups (broad SMARTS) is 1. The molecule has 4 N–H and O–H groups in total. The van der Waals surface area contributed by atoms with Gasteiger partial charge < -0.3 is 16.2 Å². The second kappa shape index (κ2) is 6.31. The summed E-state index contributed by atoms with van der Waals surface area (Å²) in [4.78, 5) is 26.4. The van der Waals surface area contributed by atoms with Gasteiger partial charge in [0.05, 0.1) is 12.2 Å². The Bertz CT molecular complexity index is 417. The maximum atomic E-state index is 11.3. The van der Waals surface area contributed by atoms with Gasteiger partial charge in [0.15, 0.2) is 0 Å². The lowest BCUT2D eigenvalue weighted by atomic mass is 10.3. The van der Waals surface area contributed by atoms with E-state index < -0.39 is 5.97 Å². The minimum Gasteiger partial charge on any atom is -0.477 e. The molecule has 0 saturated heterocycles. The fraction of sp³-hybridized carbons (Fsp3) is 0.500. The van der Waals surface area contributed by atoms with Crippen molar-refractivity contribution in [2.45, 2.75) is 26.3 Å². The molecule has 0 aromatic carbocycles. The molecule has 94 valence electrons. The molecule has 1 amide bonds. The average Bonchev–Trinajstić information content (AvgIpc) is 2.65. The van der Waals surface area contributed by atoms with Crippen LogP contribution in [-0.2, 0) is 11.3 Å². The van der Waals surface area contributed by atoms with Crippen molar-refractivity contribution >= 4 is 23.2 Å². The van der Waals surface area contributed by atoms with Gasteiger partial charge in [-0.15, -0.1) is 11.3 Å². The van der Waals surface area contributed by atoms with Crippen molar-refractivity contribution in [3.05, 3.63) is 15.6 Å². The van der Waals surface area contributed by atoms with Gasteiger partial charge in [0, 0.05) is 6.42 Å². The quantitative estimate of drug-likeness (QED) is 0.688. The Morgan fingerprint density at radius 2 is 2.24 bits per heavy atom. The number of aryl methyl sites for hydroxylation is 1. The van der Waals surface area contributed by atoms with Gasteiger partial charge in [-0.05, 0) is 19.9 Å². The van der Waals surface area contributed by atoms with Crippen LogP contribution in [-0.4, -0.2) is 28.5 Å². The monoisotopic (exact) mass is 257 g/mol. The second-order valence-electron chi connectivity index (χ2n) is 3.50. The Labute approximate surface area is 103 Å². The number of hydrogen-bond acceptors (Lipinski definition) is 5. The molecule has 0 bridgehead atoms. The predicted octanol–water partition coefficient (Wildman–Crippen LogP) is 0.505. The molecule has 0 atom stereocenters. The number of carboxylic acids is 1. The lowest BCUT2D eigenvalue weighted by molar-refractivity contribution is -0.121. The van der Waals surface area contributed by atoms with Gasteiger partial charge in [-0.2, -0.15) is 0 Å². The first-order chi connectivity index (χ1) is 8.04. The third kappa shape index (κ3) is 4.12. The zero-order chi connectivity index (χ0) is 12.8. The van der Waals surface area contributed by atoms with E-state index in [1.54, 1.807) is 6.92 Å². The maximum absolute atomic E-state index is 11.3. The number of aromatic carboxylic acids is 1. The first-order valence-electron chi connectivity index (χ1n) is 5.21. The number of thiazole rings is 1. The highest BCUT2D eigenvalue weighted by atomic mass is 32.1. The highest BCUT2D eigenvalue weighted by Crippen LogP contribution is 2.17. The molecular weight excluding hydrogens is 242 g/mol. The maximum Gasteiger partial charge on any atom is 0.347 e. The van der Waals surface area contributed by atoms with Crippen LogP contribution in [0, 0.1) is 6.92 Å². The van der Waals surface area contributed by atoms with E-state index in [1.165, 1.54) is 0 Å². The van der Waals surface area contributed by atoms with Crippen LogP contribution in [0.4, 0.5) is 0 Å². The molecule has 1 heterocycles. The van der Waals surface area contributed by atoms with Crippen LogP contribution in [0.2, 0.25) is 0 Å². The van der Waals surface area contributed by atoms with Crippen LogP contribution in [0.25, 0.3) is 0 Å². The van der Waals surface area contributed by atoms with E-state index in [0.717, 1.165) is 11.3 Å². The molecule has 1 aromatic heterocycles. The van der Waals surface area contributed by atoms with Gasteiger partial charge >= 0.3 is 5.97 Å². The van der Waals surface area contributed by atoms with E-state index in [0.29, 0.717) is 30.1 Å². The van der Waals surface area contributed by atoms with Crippen molar-refractivity contribution < 1.29 is 14.7 Å². The van der Waals surface area contributed by atoms with Crippen molar-refractivity contribution in [1.82, 2.24) is 10.3 Å². The number of nitrogens with two attached hydrogens (primary N) is 1. The summed E-state index contributed by atoms with van der Waals surface area (Å²) in [6, 6.07) is 0. The van der Waals surface area contributed by atoms with Crippen LogP contribution in [0.15, 0.2) is 0 Å². The third-order valence-corrected chi connectivity index (χ3v) is 3.23. The van der Waals surface area contributed by atoms with Gasteiger partial charge in [0.2, 0.25) is 5.91 Å². The van der Waals surface area contributed by atoms with Gasteiger partial charge in [-0.1, -0.05) is 0 Å². The molecule has 0 spiro atoms. The summed E-state index contributed by atoms with van der Waals surface area (Å²) < 4.78 is 0. The molecule has 0 aliphatic carbocycles. The number of rotatable bonds is 6. The molecule has 1 aromatic rings. The van der Waals surface area contributed by atoms with Crippen LogP contribution in [0.1, 0.15) is 33.2 Å². The zero-order valence-corrected chi connectivity index (χ0v) is 10.3. The lowest BCUT2D eigenvalue weighted by Crippen LogP contribution is -2.23. The van der Waals surface area contributed by atoms with E-state index in [-0.39, 0.29) is 17.3 Å². The normalized spacial score (nSPS) is 10.2. The molecule has 0 aliphatic heterocycles. The van der Waals surface area contributed by atoms with E-state index in [1.807, 2.05) is 0 Å². The molecule has 0 saturated carbocycles. The summed E-state index contributed by atoms with van der Waals surface area (Å²) in [7, 11) is 0. The molecule has 0 radical (unpaired) electrons. The number of carbonyl (C=O) groups excluding carboxylic acids is 1. The Balaban J connectivity index is 2.50. The number of nitrogens with zero attached hydrogens (tertiary/aromatic N) is 1. The van der Waals surface area contributed by atoms with Gasteiger partial charge in [-0.25, -0.2) is 9.78 Å². The number of amides is 1. The number of aromatic nitrogens is 1. The topological polar surface area (TPSA) is 105 Å². The third-order valence-electron chi connectivity index (χ3n) is 2.08.